The highest BCUT2D eigenvalue weighted by atomic mass is 16.6. The third-order valence-corrected chi connectivity index (χ3v) is 5.76. The Kier molecular flexibility index (Phi) is 9.17. The smallest absolute Gasteiger partial charge is 0.409 e. The molecule has 0 aliphatic heterocycles. The minimum atomic E-state index is -0.573. The zero-order valence-corrected chi connectivity index (χ0v) is 19.4. The van der Waals surface area contributed by atoms with E-state index >= 15 is 0 Å². The van der Waals surface area contributed by atoms with Crippen LogP contribution in [0.2, 0.25) is 0 Å². The van der Waals surface area contributed by atoms with Crippen molar-refractivity contribution in [2.24, 2.45) is 5.92 Å². The van der Waals surface area contributed by atoms with Gasteiger partial charge in [0, 0.05) is 24.7 Å². The van der Waals surface area contributed by atoms with Gasteiger partial charge in [-0.15, -0.1) is 0 Å². The maximum atomic E-state index is 12.5. The minimum absolute atomic E-state index is 0.00590. The zero-order valence-electron chi connectivity index (χ0n) is 19.4. The molecular weight excluding hydrogens is 432 g/mol. The number of alkyl carbamates (subject to hydrolysis) is 1. The molecule has 1 N–H and O–H groups in total. The number of nitro groups is 1. The van der Waals surface area contributed by atoms with Gasteiger partial charge < -0.3 is 9.47 Å². The van der Waals surface area contributed by atoms with Crippen LogP contribution in [0.25, 0.3) is 0 Å². The molecule has 0 spiro atoms. The van der Waals surface area contributed by atoms with Gasteiger partial charge in [0.1, 0.15) is 12.8 Å². The van der Waals surface area contributed by atoms with Crippen LogP contribution in [0.4, 0.5) is 10.5 Å². The highest BCUT2D eigenvalue weighted by molar-refractivity contribution is 5.67. The van der Waals surface area contributed by atoms with Gasteiger partial charge in [0.15, 0.2) is 0 Å². The normalized spacial score (nSPS) is 13.5. The van der Waals surface area contributed by atoms with Gasteiger partial charge in [0.2, 0.25) is 0 Å². The zero-order chi connectivity index (χ0) is 24.3. The van der Waals surface area contributed by atoms with Gasteiger partial charge in [0.25, 0.3) is 5.69 Å². The first kappa shape index (κ1) is 24.9. The number of carbonyl (C=O) groups excluding carboxylic acids is 1. The molecule has 0 heterocycles. The van der Waals surface area contributed by atoms with Crippen molar-refractivity contribution in [3.8, 4) is 0 Å². The number of benzene rings is 3. The van der Waals surface area contributed by atoms with Gasteiger partial charge in [-0.2, -0.15) is 0 Å². The summed E-state index contributed by atoms with van der Waals surface area (Å²) in [7, 11) is 0. The largest absolute Gasteiger partial charge is 0.445 e. The predicted molar refractivity (Wildman–Crippen MR) is 130 cm³/mol. The van der Waals surface area contributed by atoms with Crippen LogP contribution in [-0.2, 0) is 22.5 Å². The molecule has 0 aromatic heterocycles. The van der Waals surface area contributed by atoms with E-state index in [1.165, 1.54) is 12.1 Å². The van der Waals surface area contributed by atoms with E-state index in [0.717, 1.165) is 16.7 Å². The first-order valence-electron chi connectivity index (χ1n) is 11.3. The van der Waals surface area contributed by atoms with Crippen LogP contribution in [0.3, 0.4) is 0 Å². The van der Waals surface area contributed by atoms with E-state index in [0.29, 0.717) is 13.0 Å². The Hall–Kier alpha value is -3.71. The van der Waals surface area contributed by atoms with E-state index in [4.69, 9.17) is 9.47 Å². The molecular formula is C27H30N2O5. The Balaban J connectivity index is 1.75. The Morgan fingerprint density at radius 3 is 2.15 bits per heavy atom. The van der Waals surface area contributed by atoms with Crippen LogP contribution in [0.5, 0.6) is 0 Å². The van der Waals surface area contributed by atoms with Crippen molar-refractivity contribution in [3.05, 3.63) is 112 Å². The van der Waals surface area contributed by atoms with Crippen molar-refractivity contribution in [1.82, 2.24) is 5.32 Å². The standard InChI is InChI=1S/C27H30N2O5/c1-3-33-26(28-27(30)34-19-22-10-6-4-7-11-22)20(2)25(23-12-8-5-9-13-23)18-21-14-16-24(17-15-21)29(31)32/h4-17,20,25-26H,3,18-19H2,1-2H3,(H,28,30)/t20-,25+,26?/m1/s1. The fraction of sp³-hybridized carbons (Fsp3) is 0.296. The van der Waals surface area contributed by atoms with Crippen LogP contribution in [0, 0.1) is 16.0 Å². The van der Waals surface area contributed by atoms with Crippen molar-refractivity contribution in [3.63, 3.8) is 0 Å². The van der Waals surface area contributed by atoms with Crippen LogP contribution in [0.1, 0.15) is 36.5 Å². The van der Waals surface area contributed by atoms with E-state index in [2.05, 4.69) is 5.32 Å². The number of nitrogens with one attached hydrogen (secondary N) is 1. The maximum Gasteiger partial charge on any atom is 0.409 e. The fourth-order valence-electron chi connectivity index (χ4n) is 3.91. The topological polar surface area (TPSA) is 90.7 Å². The van der Waals surface area contributed by atoms with Crippen molar-refractivity contribution in [1.29, 1.82) is 0 Å². The number of carbonyl (C=O) groups is 1. The number of ether oxygens (including phenoxy) is 2. The van der Waals surface area contributed by atoms with Gasteiger partial charge in [0.05, 0.1) is 4.92 Å². The average molecular weight is 463 g/mol. The molecule has 1 unspecified atom stereocenters. The lowest BCUT2D eigenvalue weighted by atomic mass is 9.81. The van der Waals surface area contributed by atoms with Crippen LogP contribution in [-0.4, -0.2) is 23.9 Å². The highest BCUT2D eigenvalue weighted by Crippen LogP contribution is 2.32. The molecule has 0 aliphatic carbocycles. The summed E-state index contributed by atoms with van der Waals surface area (Å²) in [5.74, 6) is -0.115. The molecule has 7 nitrogen and oxygen atoms in total. The van der Waals surface area contributed by atoms with Crippen molar-refractivity contribution in [2.45, 2.75) is 39.0 Å². The summed E-state index contributed by atoms with van der Waals surface area (Å²) in [5.41, 5.74) is 3.02. The van der Waals surface area contributed by atoms with Gasteiger partial charge in [-0.05, 0) is 36.0 Å². The van der Waals surface area contributed by atoms with Crippen molar-refractivity contribution < 1.29 is 19.2 Å². The fourth-order valence-corrected chi connectivity index (χ4v) is 3.91. The summed E-state index contributed by atoms with van der Waals surface area (Å²) in [6.07, 6.45) is -0.485. The predicted octanol–water partition coefficient (Wildman–Crippen LogP) is 5.85. The molecule has 3 rings (SSSR count). The number of nitrogens with zero attached hydrogens (tertiary/aromatic N) is 1. The SMILES string of the molecule is CCOC(NC(=O)OCc1ccccc1)[C@H](C)[C@H](Cc1ccc([N+](=O)[O-])cc1)c1ccccc1. The molecule has 178 valence electrons. The molecule has 0 aliphatic rings. The molecule has 3 aromatic carbocycles. The summed E-state index contributed by atoms with van der Waals surface area (Å²) < 4.78 is 11.3. The molecule has 3 aromatic rings. The summed E-state index contributed by atoms with van der Waals surface area (Å²) in [4.78, 5) is 23.2. The minimum Gasteiger partial charge on any atom is -0.445 e. The van der Waals surface area contributed by atoms with Crippen LogP contribution < -0.4 is 5.32 Å². The van der Waals surface area contributed by atoms with Gasteiger partial charge in [-0.3, -0.25) is 15.4 Å². The van der Waals surface area contributed by atoms with Crippen LogP contribution in [0.15, 0.2) is 84.9 Å². The molecule has 0 radical (unpaired) electrons. The highest BCUT2D eigenvalue weighted by Gasteiger charge is 2.29. The molecule has 0 saturated heterocycles. The first-order valence-corrected chi connectivity index (χ1v) is 11.3. The molecule has 0 bridgehead atoms. The molecule has 1 amide bonds. The third-order valence-electron chi connectivity index (χ3n) is 5.76. The third kappa shape index (κ3) is 7.15. The van der Waals surface area contributed by atoms with Crippen LogP contribution >= 0.6 is 0 Å². The van der Waals surface area contributed by atoms with E-state index in [9.17, 15) is 14.9 Å². The number of hydrogen-bond acceptors (Lipinski definition) is 5. The Labute approximate surface area is 199 Å². The molecule has 34 heavy (non-hydrogen) atoms. The number of rotatable bonds is 11. The van der Waals surface area contributed by atoms with Gasteiger partial charge in [-0.25, -0.2) is 4.79 Å². The second-order valence-corrected chi connectivity index (χ2v) is 8.09. The summed E-state index contributed by atoms with van der Waals surface area (Å²) >= 11 is 0. The second kappa shape index (κ2) is 12.5. The Bertz CT molecular complexity index is 1040. The van der Waals surface area contributed by atoms with Gasteiger partial charge in [-0.1, -0.05) is 79.7 Å². The summed E-state index contributed by atoms with van der Waals surface area (Å²) in [6, 6.07) is 26.1. The molecule has 3 atom stereocenters. The summed E-state index contributed by atoms with van der Waals surface area (Å²) in [5, 5.41) is 13.9. The van der Waals surface area contributed by atoms with Crippen molar-refractivity contribution >= 4 is 11.8 Å². The Morgan fingerprint density at radius 1 is 0.941 bits per heavy atom. The summed E-state index contributed by atoms with van der Waals surface area (Å²) in [6.45, 7) is 4.50. The number of amides is 1. The van der Waals surface area contributed by atoms with Gasteiger partial charge >= 0.3 is 6.09 Å². The monoisotopic (exact) mass is 462 g/mol. The molecule has 0 saturated carbocycles. The lowest BCUT2D eigenvalue weighted by Crippen LogP contribution is -2.44. The van der Waals surface area contributed by atoms with E-state index in [1.54, 1.807) is 12.1 Å². The number of nitro benzene ring substituents is 1. The lowest BCUT2D eigenvalue weighted by molar-refractivity contribution is -0.384. The second-order valence-electron chi connectivity index (χ2n) is 8.09. The molecule has 7 heteroatoms. The number of hydrogen-bond donors (Lipinski definition) is 1. The molecule has 0 fully saturated rings. The lowest BCUT2D eigenvalue weighted by Gasteiger charge is -2.32. The van der Waals surface area contributed by atoms with E-state index < -0.39 is 17.2 Å². The van der Waals surface area contributed by atoms with E-state index in [1.807, 2.05) is 74.5 Å². The first-order chi connectivity index (χ1) is 16.5. The van der Waals surface area contributed by atoms with Crippen molar-refractivity contribution in [2.75, 3.05) is 6.61 Å². The quantitative estimate of drug-likeness (QED) is 0.219. The van der Waals surface area contributed by atoms with E-state index in [-0.39, 0.29) is 24.1 Å². The Morgan fingerprint density at radius 2 is 1.56 bits per heavy atom. The number of non-ortho nitro benzene ring substituents is 1. The average Bonchev–Trinajstić information content (AvgIpc) is 2.87. The maximum absolute atomic E-state index is 12.5.